The van der Waals surface area contributed by atoms with E-state index in [-0.39, 0.29) is 10.0 Å². The van der Waals surface area contributed by atoms with Gasteiger partial charge in [0.25, 0.3) is 0 Å². The zero-order valence-electron chi connectivity index (χ0n) is 6.53. The molecule has 0 spiro atoms. The maximum absolute atomic E-state index is 13.3. The molecule has 0 unspecified atom stereocenters. The van der Waals surface area contributed by atoms with Gasteiger partial charge < -0.3 is 0 Å². The van der Waals surface area contributed by atoms with E-state index in [1.165, 1.54) is 0 Å². The lowest BCUT2D eigenvalue weighted by atomic mass is 10.1. The smallest absolute Gasteiger partial charge is 0.190 e. The summed E-state index contributed by atoms with van der Waals surface area (Å²) in [6.45, 7) is 0. The Morgan fingerprint density at radius 3 is 2.36 bits per heavy atom. The van der Waals surface area contributed by atoms with Gasteiger partial charge in [-0.25, -0.2) is 8.78 Å². The van der Waals surface area contributed by atoms with Gasteiger partial charge in [0.1, 0.15) is 9.55 Å². The number of carbonyl (C=O) groups is 1. The van der Waals surface area contributed by atoms with Gasteiger partial charge in [0.15, 0.2) is 11.6 Å². The fraction of sp³-hybridized carbons (Fsp3) is 0.125. The molecule has 0 atom stereocenters. The number of Topliss-reactive ketones (excluding diaryl/α,β-unsaturated/α-hetero) is 1. The topological polar surface area (TPSA) is 17.1 Å². The van der Waals surface area contributed by atoms with Crippen LogP contribution < -0.4 is 0 Å². The number of ketones is 1. The maximum Gasteiger partial charge on any atom is 0.190 e. The zero-order chi connectivity index (χ0) is 10.9. The average Bonchev–Trinajstić information content (AvgIpc) is 2.13. The number of benzene rings is 1. The van der Waals surface area contributed by atoms with Crippen LogP contribution in [0.5, 0.6) is 0 Å². The fourth-order valence-corrected chi connectivity index (χ4v) is 1.67. The number of hydrogen-bond donors (Lipinski definition) is 0. The fourth-order valence-electron chi connectivity index (χ4n) is 0.834. The predicted octanol–water partition coefficient (Wildman–Crippen LogP) is 4.03. The molecule has 0 saturated carbocycles. The van der Waals surface area contributed by atoms with E-state index in [4.69, 9.17) is 0 Å². The van der Waals surface area contributed by atoms with Crippen LogP contribution in [0.4, 0.5) is 8.78 Å². The molecule has 1 rings (SSSR count). The third-order valence-electron chi connectivity index (χ3n) is 1.50. The molecule has 6 heteroatoms. The summed E-state index contributed by atoms with van der Waals surface area (Å²) >= 11 is 8.60. The van der Waals surface area contributed by atoms with E-state index in [0.29, 0.717) is 0 Å². The molecule has 0 aliphatic rings. The molecule has 14 heavy (non-hydrogen) atoms. The molecule has 0 amide bonds. The minimum Gasteiger partial charge on any atom is -0.292 e. The average molecular weight is 393 g/mol. The Bertz CT molecular complexity index is 379. The number of hydrogen-bond acceptors (Lipinski definition) is 1. The first-order valence-electron chi connectivity index (χ1n) is 3.41. The summed E-state index contributed by atoms with van der Waals surface area (Å²) in [5.74, 6) is -2.12. The van der Waals surface area contributed by atoms with Crippen LogP contribution in [0, 0.1) is 11.6 Å². The molecule has 0 radical (unpaired) electrons. The Morgan fingerprint density at radius 1 is 1.29 bits per heavy atom. The summed E-state index contributed by atoms with van der Waals surface area (Å²) < 4.78 is 25.1. The number of rotatable bonds is 2. The standard InChI is InChI=1S/C8H3Br3F2O/c9-5-4(12)2-1-3(6(5)13)7(14)8(10)11/h1-2,8H. The Hall–Kier alpha value is 0.190. The SMILES string of the molecule is O=C(c1ccc(F)c(Br)c1F)C(Br)Br. The van der Waals surface area contributed by atoms with Crippen LogP contribution in [-0.4, -0.2) is 9.52 Å². The second-order valence-corrected chi connectivity index (χ2v) is 6.24. The summed E-state index contributed by atoms with van der Waals surface area (Å²) in [5.41, 5.74) is -0.169. The quantitative estimate of drug-likeness (QED) is 0.422. The lowest BCUT2D eigenvalue weighted by Gasteiger charge is -2.05. The van der Waals surface area contributed by atoms with Gasteiger partial charge in [0.2, 0.25) is 0 Å². The van der Waals surface area contributed by atoms with Crippen LogP contribution in [0.15, 0.2) is 16.6 Å². The predicted molar refractivity (Wildman–Crippen MR) is 60.0 cm³/mol. The van der Waals surface area contributed by atoms with Gasteiger partial charge in [-0.2, -0.15) is 0 Å². The Kier molecular flexibility index (Phi) is 4.21. The van der Waals surface area contributed by atoms with Gasteiger partial charge in [-0.1, -0.05) is 31.9 Å². The van der Waals surface area contributed by atoms with Gasteiger partial charge in [-0.15, -0.1) is 0 Å². The van der Waals surface area contributed by atoms with Crippen molar-refractivity contribution in [3.05, 3.63) is 33.8 Å². The minimum absolute atomic E-state index is 0.169. The Morgan fingerprint density at radius 2 is 1.86 bits per heavy atom. The van der Waals surface area contributed by atoms with Crippen LogP contribution in [0.1, 0.15) is 10.4 Å². The van der Waals surface area contributed by atoms with Crippen molar-refractivity contribution in [3.8, 4) is 0 Å². The molecule has 1 aromatic carbocycles. The molecular weight excluding hydrogens is 390 g/mol. The van der Waals surface area contributed by atoms with Crippen LogP contribution in [0.25, 0.3) is 0 Å². The Balaban J connectivity index is 3.24. The molecule has 76 valence electrons. The van der Waals surface area contributed by atoms with Crippen LogP contribution >= 0.6 is 47.8 Å². The van der Waals surface area contributed by atoms with Gasteiger partial charge in [-0.3, -0.25) is 4.79 Å². The number of alkyl halides is 2. The molecule has 0 bridgehead atoms. The molecule has 0 aliphatic carbocycles. The molecule has 1 nitrogen and oxygen atoms in total. The molecule has 0 heterocycles. The van der Waals surface area contributed by atoms with E-state index in [2.05, 4.69) is 47.8 Å². The summed E-state index contributed by atoms with van der Waals surface area (Å²) in [4.78, 5) is 11.4. The van der Waals surface area contributed by atoms with E-state index in [0.717, 1.165) is 12.1 Å². The van der Waals surface area contributed by atoms with Crippen LogP contribution in [0.3, 0.4) is 0 Å². The monoisotopic (exact) mass is 390 g/mol. The first-order valence-corrected chi connectivity index (χ1v) is 6.03. The largest absolute Gasteiger partial charge is 0.292 e. The van der Waals surface area contributed by atoms with Crippen molar-refractivity contribution < 1.29 is 13.6 Å². The third kappa shape index (κ3) is 2.41. The van der Waals surface area contributed by atoms with E-state index < -0.39 is 21.2 Å². The van der Waals surface area contributed by atoms with Crippen LogP contribution in [-0.2, 0) is 0 Å². The molecule has 0 aliphatic heterocycles. The van der Waals surface area contributed by atoms with E-state index in [1.807, 2.05) is 0 Å². The second kappa shape index (κ2) is 4.81. The van der Waals surface area contributed by atoms with Crippen molar-refractivity contribution in [2.45, 2.75) is 3.74 Å². The molecule has 1 aromatic rings. The van der Waals surface area contributed by atoms with Crippen molar-refractivity contribution in [2.24, 2.45) is 0 Å². The summed E-state index contributed by atoms with van der Waals surface area (Å²) in [6, 6.07) is 2.13. The van der Waals surface area contributed by atoms with Crippen molar-refractivity contribution in [1.82, 2.24) is 0 Å². The normalized spacial score (nSPS) is 10.7. The highest BCUT2D eigenvalue weighted by atomic mass is 79.9. The summed E-state index contributed by atoms with van der Waals surface area (Å²) in [5, 5.41) is 0. The molecular formula is C8H3Br3F2O. The molecule has 0 saturated heterocycles. The van der Waals surface area contributed by atoms with E-state index in [9.17, 15) is 13.6 Å². The van der Waals surface area contributed by atoms with Crippen molar-refractivity contribution in [2.75, 3.05) is 0 Å². The lowest BCUT2D eigenvalue weighted by Crippen LogP contribution is -2.10. The first kappa shape index (κ1) is 12.3. The highest BCUT2D eigenvalue weighted by Crippen LogP contribution is 2.25. The number of halogens is 5. The van der Waals surface area contributed by atoms with E-state index in [1.54, 1.807) is 0 Å². The molecule has 0 aromatic heterocycles. The van der Waals surface area contributed by atoms with Crippen molar-refractivity contribution in [1.29, 1.82) is 0 Å². The summed E-state index contributed by atoms with van der Waals surface area (Å²) in [6.07, 6.45) is 0. The van der Waals surface area contributed by atoms with Crippen molar-refractivity contribution in [3.63, 3.8) is 0 Å². The molecule has 0 N–H and O–H groups in total. The van der Waals surface area contributed by atoms with Gasteiger partial charge in [-0.05, 0) is 28.1 Å². The lowest BCUT2D eigenvalue weighted by molar-refractivity contribution is 0.101. The minimum atomic E-state index is -0.890. The highest BCUT2D eigenvalue weighted by Gasteiger charge is 2.20. The summed E-state index contributed by atoms with van der Waals surface area (Å²) in [7, 11) is 0. The maximum atomic E-state index is 13.3. The highest BCUT2D eigenvalue weighted by molar-refractivity contribution is 9.25. The van der Waals surface area contributed by atoms with Gasteiger partial charge in [0.05, 0.1) is 10.0 Å². The third-order valence-corrected chi connectivity index (χ3v) is 3.06. The number of carbonyl (C=O) groups excluding carboxylic acids is 1. The van der Waals surface area contributed by atoms with E-state index >= 15 is 0 Å². The van der Waals surface area contributed by atoms with Gasteiger partial charge in [0, 0.05) is 0 Å². The van der Waals surface area contributed by atoms with Gasteiger partial charge >= 0.3 is 0 Å². The van der Waals surface area contributed by atoms with Crippen molar-refractivity contribution >= 4 is 53.6 Å². The second-order valence-electron chi connectivity index (χ2n) is 2.39. The Labute approximate surface area is 104 Å². The van der Waals surface area contributed by atoms with Crippen LogP contribution in [0.2, 0.25) is 0 Å². The zero-order valence-corrected chi connectivity index (χ0v) is 11.3. The first-order chi connectivity index (χ1) is 6.45. The molecule has 0 fully saturated rings.